The minimum absolute atomic E-state index is 0.121. The molecule has 5 nitrogen and oxygen atoms in total. The molecule has 0 saturated heterocycles. The molecule has 0 unspecified atom stereocenters. The number of benzene rings is 4. The molecule has 0 aliphatic carbocycles. The van der Waals surface area contributed by atoms with Gasteiger partial charge in [-0.25, -0.2) is 0 Å². The molecule has 0 spiro atoms. The van der Waals surface area contributed by atoms with Crippen molar-refractivity contribution in [3.63, 3.8) is 0 Å². The van der Waals surface area contributed by atoms with Gasteiger partial charge < -0.3 is 25.0 Å². The molecule has 0 aromatic heterocycles. The van der Waals surface area contributed by atoms with E-state index in [1.807, 2.05) is 95.0 Å². The summed E-state index contributed by atoms with van der Waals surface area (Å²) in [5, 5.41) is 32.4. The third-order valence-corrected chi connectivity index (χ3v) is 6.14. The number of ether oxygens (including phenoxy) is 1. The number of rotatable bonds is 5. The van der Waals surface area contributed by atoms with Crippen LogP contribution in [0.25, 0.3) is 0 Å². The second-order valence-corrected chi connectivity index (χ2v) is 9.21. The molecule has 0 radical (unpaired) electrons. The van der Waals surface area contributed by atoms with Crippen molar-refractivity contribution in [3.05, 3.63) is 94.0 Å². The maximum absolute atomic E-state index is 11.0. The normalized spacial score (nSPS) is 10.9. The lowest BCUT2D eigenvalue weighted by Gasteiger charge is -2.30. The SMILES string of the molecule is Cc1cc(C)c(N(c2ccc(Oc3c(C)ccc(C)c3O)cc2)c2c(C)cc(C)cc2O)c(O)c1. The molecule has 180 valence electrons. The molecule has 0 heterocycles. The summed E-state index contributed by atoms with van der Waals surface area (Å²) in [6.45, 7) is 11.5. The number of nitrogens with zero attached hydrogens (tertiary/aromatic N) is 1. The number of hydrogen-bond donors (Lipinski definition) is 3. The smallest absolute Gasteiger partial charge is 0.172 e. The Kier molecular flexibility index (Phi) is 6.35. The largest absolute Gasteiger partial charge is 0.506 e. The van der Waals surface area contributed by atoms with Crippen LogP contribution in [-0.2, 0) is 0 Å². The molecule has 4 aromatic carbocycles. The van der Waals surface area contributed by atoms with Crippen molar-refractivity contribution >= 4 is 17.1 Å². The predicted molar refractivity (Wildman–Crippen MR) is 141 cm³/mol. The van der Waals surface area contributed by atoms with Gasteiger partial charge in [0.1, 0.15) is 17.2 Å². The van der Waals surface area contributed by atoms with Crippen LogP contribution < -0.4 is 9.64 Å². The molecule has 35 heavy (non-hydrogen) atoms. The van der Waals surface area contributed by atoms with Gasteiger partial charge in [-0.3, -0.25) is 0 Å². The Morgan fingerprint density at radius 1 is 0.571 bits per heavy atom. The molecule has 0 bridgehead atoms. The highest BCUT2D eigenvalue weighted by Gasteiger charge is 2.23. The van der Waals surface area contributed by atoms with Crippen LogP contribution in [0.1, 0.15) is 33.4 Å². The topological polar surface area (TPSA) is 73.2 Å². The van der Waals surface area contributed by atoms with Gasteiger partial charge in [-0.1, -0.05) is 24.3 Å². The molecule has 3 N–H and O–H groups in total. The number of aryl methyl sites for hydroxylation is 6. The summed E-state index contributed by atoms with van der Waals surface area (Å²) < 4.78 is 6.03. The lowest BCUT2D eigenvalue weighted by molar-refractivity contribution is 0.406. The first-order valence-corrected chi connectivity index (χ1v) is 11.5. The van der Waals surface area contributed by atoms with E-state index in [2.05, 4.69) is 0 Å². The molecule has 0 saturated carbocycles. The van der Waals surface area contributed by atoms with Crippen molar-refractivity contribution in [1.82, 2.24) is 0 Å². The van der Waals surface area contributed by atoms with Gasteiger partial charge >= 0.3 is 0 Å². The second kappa shape index (κ2) is 9.26. The highest BCUT2D eigenvalue weighted by Crippen LogP contribution is 2.47. The van der Waals surface area contributed by atoms with Gasteiger partial charge in [0, 0.05) is 5.69 Å². The van der Waals surface area contributed by atoms with Crippen molar-refractivity contribution in [3.8, 4) is 28.7 Å². The van der Waals surface area contributed by atoms with E-state index in [4.69, 9.17) is 4.74 Å². The Morgan fingerprint density at radius 2 is 1.06 bits per heavy atom. The van der Waals surface area contributed by atoms with E-state index in [-0.39, 0.29) is 17.2 Å². The monoisotopic (exact) mass is 469 g/mol. The summed E-state index contributed by atoms with van der Waals surface area (Å²) in [5.74, 6) is 1.36. The fourth-order valence-electron chi connectivity index (χ4n) is 4.51. The molecule has 0 aliphatic heterocycles. The molecule has 0 fully saturated rings. The van der Waals surface area contributed by atoms with E-state index in [0.29, 0.717) is 22.9 Å². The summed E-state index contributed by atoms with van der Waals surface area (Å²) in [6, 6.07) is 18.6. The van der Waals surface area contributed by atoms with E-state index in [1.165, 1.54) is 0 Å². The first-order valence-electron chi connectivity index (χ1n) is 11.5. The van der Waals surface area contributed by atoms with Crippen molar-refractivity contribution < 1.29 is 20.1 Å². The van der Waals surface area contributed by atoms with E-state index >= 15 is 0 Å². The van der Waals surface area contributed by atoms with Gasteiger partial charge in [0.05, 0.1) is 11.4 Å². The van der Waals surface area contributed by atoms with Crippen LogP contribution in [0.4, 0.5) is 17.1 Å². The average molecular weight is 470 g/mol. The summed E-state index contributed by atoms with van der Waals surface area (Å²) in [5.41, 5.74) is 7.16. The van der Waals surface area contributed by atoms with E-state index in [9.17, 15) is 15.3 Å². The lowest BCUT2D eigenvalue weighted by Crippen LogP contribution is -2.13. The predicted octanol–water partition coefficient (Wildman–Crippen LogP) is 7.92. The lowest BCUT2D eigenvalue weighted by atomic mass is 10.0. The number of phenols is 3. The van der Waals surface area contributed by atoms with E-state index in [1.54, 1.807) is 12.1 Å². The van der Waals surface area contributed by atoms with Crippen molar-refractivity contribution in [2.45, 2.75) is 41.5 Å². The fraction of sp³-hybridized carbons (Fsp3) is 0.200. The zero-order valence-corrected chi connectivity index (χ0v) is 21.0. The third-order valence-electron chi connectivity index (χ3n) is 6.14. The molecule has 0 amide bonds. The van der Waals surface area contributed by atoms with Crippen LogP contribution in [0.3, 0.4) is 0 Å². The van der Waals surface area contributed by atoms with Crippen LogP contribution >= 0.6 is 0 Å². The summed E-state index contributed by atoms with van der Waals surface area (Å²) in [4.78, 5) is 1.87. The summed E-state index contributed by atoms with van der Waals surface area (Å²) >= 11 is 0. The van der Waals surface area contributed by atoms with Crippen LogP contribution in [0.5, 0.6) is 28.7 Å². The molecule has 4 aromatic rings. The molecule has 5 heteroatoms. The number of anilines is 3. The van der Waals surface area contributed by atoms with Crippen LogP contribution in [0.15, 0.2) is 60.7 Å². The zero-order chi connectivity index (χ0) is 25.4. The molecular weight excluding hydrogens is 438 g/mol. The molecule has 0 aliphatic rings. The highest BCUT2D eigenvalue weighted by atomic mass is 16.5. The van der Waals surface area contributed by atoms with Crippen LogP contribution in [0, 0.1) is 41.5 Å². The maximum Gasteiger partial charge on any atom is 0.172 e. The number of aromatic hydroxyl groups is 3. The quantitative estimate of drug-likeness (QED) is 0.277. The standard InChI is InChI=1S/C30H31NO4/c1-17-13-21(5)27(25(32)15-17)31(28-22(6)14-18(2)16-26(28)33)23-9-11-24(12-10-23)35-30-20(4)8-7-19(3)29(30)34/h7-16,32-34H,1-6H3. The van der Waals surface area contributed by atoms with Gasteiger partial charge in [-0.05, 0) is 111 Å². The van der Waals surface area contributed by atoms with Gasteiger partial charge in [-0.2, -0.15) is 0 Å². The molecular formula is C30H31NO4. The van der Waals surface area contributed by atoms with Gasteiger partial charge in [-0.15, -0.1) is 0 Å². The fourth-order valence-corrected chi connectivity index (χ4v) is 4.51. The Hall–Kier alpha value is -4.12. The summed E-state index contributed by atoms with van der Waals surface area (Å²) in [6.07, 6.45) is 0. The van der Waals surface area contributed by atoms with Crippen LogP contribution in [-0.4, -0.2) is 15.3 Å². The van der Waals surface area contributed by atoms with E-state index < -0.39 is 0 Å². The second-order valence-electron chi connectivity index (χ2n) is 9.21. The number of phenolic OH excluding ortho intramolecular Hbond substituents is 3. The number of hydrogen-bond acceptors (Lipinski definition) is 5. The van der Waals surface area contributed by atoms with Gasteiger partial charge in [0.25, 0.3) is 0 Å². The Bertz CT molecular complexity index is 1300. The van der Waals surface area contributed by atoms with E-state index in [0.717, 1.165) is 39.1 Å². The zero-order valence-electron chi connectivity index (χ0n) is 21.0. The first kappa shape index (κ1) is 24.0. The molecule has 0 atom stereocenters. The summed E-state index contributed by atoms with van der Waals surface area (Å²) in [7, 11) is 0. The Morgan fingerprint density at radius 3 is 1.54 bits per heavy atom. The highest BCUT2D eigenvalue weighted by molar-refractivity contribution is 5.86. The Labute approximate surface area is 206 Å². The average Bonchev–Trinajstić information content (AvgIpc) is 2.77. The minimum Gasteiger partial charge on any atom is -0.506 e. The first-order chi connectivity index (χ1) is 16.6. The third kappa shape index (κ3) is 4.62. The van der Waals surface area contributed by atoms with Crippen molar-refractivity contribution in [2.24, 2.45) is 0 Å². The minimum atomic E-state index is 0.121. The van der Waals surface area contributed by atoms with Crippen molar-refractivity contribution in [2.75, 3.05) is 4.90 Å². The van der Waals surface area contributed by atoms with Gasteiger partial charge in [0.2, 0.25) is 0 Å². The van der Waals surface area contributed by atoms with Crippen molar-refractivity contribution in [1.29, 1.82) is 0 Å². The Balaban J connectivity index is 1.84. The van der Waals surface area contributed by atoms with Gasteiger partial charge in [0.15, 0.2) is 11.5 Å². The van der Waals surface area contributed by atoms with Crippen LogP contribution in [0.2, 0.25) is 0 Å². The maximum atomic E-state index is 11.0. The molecule has 4 rings (SSSR count).